The Kier molecular flexibility index (Phi) is 5.52. The van der Waals surface area contributed by atoms with E-state index in [4.69, 9.17) is 4.74 Å². The molecule has 1 heterocycles. The van der Waals surface area contributed by atoms with Gasteiger partial charge in [-0.25, -0.2) is 4.39 Å². The molecule has 0 amide bonds. The average Bonchev–Trinajstić information content (AvgIpc) is 2.86. The van der Waals surface area contributed by atoms with E-state index in [-0.39, 0.29) is 11.9 Å². The van der Waals surface area contributed by atoms with Gasteiger partial charge >= 0.3 is 0 Å². The molecular formula is C16H25FN2O. The molecule has 2 unspecified atom stereocenters. The molecule has 0 radical (unpaired) electrons. The molecule has 0 aromatic heterocycles. The Morgan fingerprint density at radius 1 is 1.45 bits per heavy atom. The van der Waals surface area contributed by atoms with Crippen LogP contribution in [-0.4, -0.2) is 37.2 Å². The molecule has 112 valence electrons. The molecule has 1 saturated heterocycles. The summed E-state index contributed by atoms with van der Waals surface area (Å²) in [5, 5.41) is 3.27. The largest absolute Gasteiger partial charge is 0.377 e. The first-order valence-corrected chi connectivity index (χ1v) is 7.41. The Labute approximate surface area is 121 Å². The summed E-state index contributed by atoms with van der Waals surface area (Å²) < 4.78 is 19.5. The molecule has 1 aromatic rings. The molecule has 4 heteroatoms. The van der Waals surface area contributed by atoms with Gasteiger partial charge in [-0.05, 0) is 38.6 Å². The van der Waals surface area contributed by atoms with Crippen molar-refractivity contribution in [3.05, 3.63) is 35.1 Å². The highest BCUT2D eigenvalue weighted by Crippen LogP contribution is 2.21. The number of halogens is 1. The number of hydrogen-bond acceptors (Lipinski definition) is 3. The summed E-state index contributed by atoms with van der Waals surface area (Å²) in [7, 11) is 2.05. The van der Waals surface area contributed by atoms with E-state index >= 15 is 0 Å². The molecule has 1 N–H and O–H groups in total. The van der Waals surface area contributed by atoms with Gasteiger partial charge in [-0.3, -0.25) is 4.90 Å². The summed E-state index contributed by atoms with van der Waals surface area (Å²) in [4.78, 5) is 2.20. The number of benzene rings is 1. The van der Waals surface area contributed by atoms with Crippen molar-refractivity contribution in [3.8, 4) is 0 Å². The van der Waals surface area contributed by atoms with Crippen LogP contribution in [0.15, 0.2) is 18.2 Å². The van der Waals surface area contributed by atoms with Gasteiger partial charge in [0.2, 0.25) is 0 Å². The first-order valence-electron chi connectivity index (χ1n) is 7.41. The van der Waals surface area contributed by atoms with Crippen molar-refractivity contribution < 1.29 is 9.13 Å². The van der Waals surface area contributed by atoms with E-state index < -0.39 is 0 Å². The van der Waals surface area contributed by atoms with E-state index in [1.807, 2.05) is 19.2 Å². The molecular weight excluding hydrogens is 255 g/mol. The first-order chi connectivity index (χ1) is 9.61. The van der Waals surface area contributed by atoms with Crippen LogP contribution in [-0.2, 0) is 17.8 Å². The second-order valence-electron chi connectivity index (χ2n) is 5.55. The minimum absolute atomic E-state index is 0.122. The van der Waals surface area contributed by atoms with E-state index in [0.29, 0.717) is 12.6 Å². The molecule has 0 bridgehead atoms. The Morgan fingerprint density at radius 2 is 2.25 bits per heavy atom. The smallest absolute Gasteiger partial charge is 0.127 e. The molecule has 0 saturated carbocycles. The van der Waals surface area contributed by atoms with E-state index in [2.05, 4.69) is 24.1 Å². The van der Waals surface area contributed by atoms with E-state index in [9.17, 15) is 4.39 Å². The summed E-state index contributed by atoms with van der Waals surface area (Å²) in [6.07, 6.45) is 1.25. The molecule has 1 fully saturated rings. The second-order valence-corrected chi connectivity index (χ2v) is 5.55. The van der Waals surface area contributed by atoms with Gasteiger partial charge < -0.3 is 10.1 Å². The van der Waals surface area contributed by atoms with Gasteiger partial charge in [0.1, 0.15) is 5.82 Å². The van der Waals surface area contributed by atoms with Crippen LogP contribution in [0.3, 0.4) is 0 Å². The summed E-state index contributed by atoms with van der Waals surface area (Å²) in [6.45, 7) is 7.30. The first kappa shape index (κ1) is 15.4. The van der Waals surface area contributed by atoms with Crippen LogP contribution in [0.5, 0.6) is 0 Å². The van der Waals surface area contributed by atoms with Crippen molar-refractivity contribution in [2.45, 2.75) is 45.5 Å². The van der Waals surface area contributed by atoms with Gasteiger partial charge in [-0.15, -0.1) is 0 Å². The normalized spacial score (nSPS) is 22.6. The highest BCUT2D eigenvalue weighted by Gasteiger charge is 2.28. The summed E-state index contributed by atoms with van der Waals surface area (Å²) in [5.74, 6) is -0.122. The molecule has 1 aliphatic rings. The van der Waals surface area contributed by atoms with Crippen LogP contribution in [0.25, 0.3) is 0 Å². The Balaban J connectivity index is 2.03. The average molecular weight is 280 g/mol. The molecule has 1 aliphatic heterocycles. The molecule has 2 atom stereocenters. The van der Waals surface area contributed by atoms with Crippen LogP contribution in [0.1, 0.15) is 31.4 Å². The number of likely N-dealkylation sites (N-methyl/N-ethyl adjacent to an activating group) is 1. The Morgan fingerprint density at radius 3 is 2.90 bits per heavy atom. The zero-order valence-electron chi connectivity index (χ0n) is 12.7. The monoisotopic (exact) mass is 280 g/mol. The fourth-order valence-electron chi connectivity index (χ4n) is 2.81. The lowest BCUT2D eigenvalue weighted by Gasteiger charge is -2.26. The van der Waals surface area contributed by atoms with Crippen molar-refractivity contribution in [1.82, 2.24) is 10.2 Å². The van der Waals surface area contributed by atoms with Gasteiger partial charge in [-0.2, -0.15) is 0 Å². The highest BCUT2D eigenvalue weighted by atomic mass is 19.1. The van der Waals surface area contributed by atoms with Crippen molar-refractivity contribution in [2.75, 3.05) is 20.2 Å². The fraction of sp³-hybridized carbons (Fsp3) is 0.625. The van der Waals surface area contributed by atoms with Gasteiger partial charge in [0.25, 0.3) is 0 Å². The SMILES string of the molecule is CCNCc1ccc(F)c(CN(C)C2CCOC2C)c1. The summed E-state index contributed by atoms with van der Waals surface area (Å²) in [5.41, 5.74) is 1.90. The van der Waals surface area contributed by atoms with Gasteiger partial charge in [-0.1, -0.05) is 19.1 Å². The van der Waals surface area contributed by atoms with Crippen LogP contribution >= 0.6 is 0 Å². The van der Waals surface area contributed by atoms with E-state index in [1.54, 1.807) is 6.07 Å². The van der Waals surface area contributed by atoms with Crippen LogP contribution in [0.4, 0.5) is 4.39 Å². The second kappa shape index (κ2) is 7.16. The lowest BCUT2D eigenvalue weighted by molar-refractivity contribution is 0.0810. The standard InChI is InChI=1S/C16H25FN2O/c1-4-18-10-13-5-6-15(17)14(9-13)11-19(3)16-7-8-20-12(16)2/h5-6,9,12,16,18H,4,7-8,10-11H2,1-3H3. The molecule has 0 aliphatic carbocycles. The van der Waals surface area contributed by atoms with Crippen LogP contribution in [0.2, 0.25) is 0 Å². The van der Waals surface area contributed by atoms with Crippen molar-refractivity contribution in [2.24, 2.45) is 0 Å². The zero-order chi connectivity index (χ0) is 14.5. The third kappa shape index (κ3) is 3.78. The molecule has 3 nitrogen and oxygen atoms in total. The predicted molar refractivity (Wildman–Crippen MR) is 79.1 cm³/mol. The third-order valence-corrected chi connectivity index (χ3v) is 4.01. The van der Waals surface area contributed by atoms with Crippen LogP contribution in [0, 0.1) is 5.82 Å². The quantitative estimate of drug-likeness (QED) is 0.866. The summed E-state index contributed by atoms with van der Waals surface area (Å²) in [6, 6.07) is 5.77. The number of rotatable bonds is 6. The number of nitrogens with zero attached hydrogens (tertiary/aromatic N) is 1. The van der Waals surface area contributed by atoms with E-state index in [0.717, 1.165) is 37.2 Å². The lowest BCUT2D eigenvalue weighted by atomic mass is 10.1. The minimum Gasteiger partial charge on any atom is -0.377 e. The van der Waals surface area contributed by atoms with Crippen molar-refractivity contribution >= 4 is 0 Å². The van der Waals surface area contributed by atoms with E-state index in [1.165, 1.54) is 0 Å². The fourth-order valence-corrected chi connectivity index (χ4v) is 2.81. The molecule has 20 heavy (non-hydrogen) atoms. The van der Waals surface area contributed by atoms with Gasteiger partial charge in [0.05, 0.1) is 6.10 Å². The van der Waals surface area contributed by atoms with Crippen molar-refractivity contribution in [1.29, 1.82) is 0 Å². The minimum atomic E-state index is -0.122. The number of nitrogens with one attached hydrogen (secondary N) is 1. The Bertz CT molecular complexity index is 438. The number of ether oxygens (including phenoxy) is 1. The highest BCUT2D eigenvalue weighted by molar-refractivity contribution is 5.25. The summed E-state index contributed by atoms with van der Waals surface area (Å²) >= 11 is 0. The molecule has 0 spiro atoms. The van der Waals surface area contributed by atoms with Crippen LogP contribution < -0.4 is 5.32 Å². The van der Waals surface area contributed by atoms with Gasteiger partial charge in [0.15, 0.2) is 0 Å². The maximum atomic E-state index is 14.0. The zero-order valence-corrected chi connectivity index (χ0v) is 12.7. The lowest BCUT2D eigenvalue weighted by Crippen LogP contribution is -2.36. The third-order valence-electron chi connectivity index (χ3n) is 4.01. The molecule has 2 rings (SSSR count). The van der Waals surface area contributed by atoms with Gasteiger partial charge in [0, 0.05) is 31.3 Å². The number of hydrogen-bond donors (Lipinski definition) is 1. The predicted octanol–water partition coefficient (Wildman–Crippen LogP) is 2.54. The Hall–Kier alpha value is -0.970. The maximum absolute atomic E-state index is 14.0. The van der Waals surface area contributed by atoms with Crippen molar-refractivity contribution in [3.63, 3.8) is 0 Å². The molecule has 1 aromatic carbocycles. The maximum Gasteiger partial charge on any atom is 0.127 e. The topological polar surface area (TPSA) is 24.5 Å².